The van der Waals surface area contributed by atoms with Crippen molar-refractivity contribution in [1.29, 1.82) is 0 Å². The summed E-state index contributed by atoms with van der Waals surface area (Å²) >= 11 is 6.10. The van der Waals surface area contributed by atoms with Crippen molar-refractivity contribution in [2.24, 2.45) is 0 Å². The van der Waals surface area contributed by atoms with Gasteiger partial charge in [-0.05, 0) is 30.4 Å². The summed E-state index contributed by atoms with van der Waals surface area (Å²) in [5.41, 5.74) is 1.44. The molecule has 7 heteroatoms. The second-order valence-corrected chi connectivity index (χ2v) is 5.75. The smallest absolute Gasteiger partial charge is 0.355 e. The minimum atomic E-state index is -0.673. The zero-order valence-electron chi connectivity index (χ0n) is 14.1. The molecule has 0 amide bonds. The molecule has 0 atom stereocenters. The van der Waals surface area contributed by atoms with Gasteiger partial charge in [0.25, 0.3) is 0 Å². The average Bonchev–Trinajstić information content (AvgIpc) is 2.89. The predicted molar refractivity (Wildman–Crippen MR) is 98.6 cm³/mol. The summed E-state index contributed by atoms with van der Waals surface area (Å²) in [6.07, 6.45) is 8.06. The van der Waals surface area contributed by atoms with Crippen molar-refractivity contribution in [2.45, 2.75) is 0 Å². The van der Waals surface area contributed by atoms with E-state index in [1.165, 1.54) is 20.3 Å². The third-order valence-electron chi connectivity index (χ3n) is 3.82. The Labute approximate surface area is 155 Å². The normalized spacial score (nSPS) is 13.7. The molecule has 0 unspecified atom stereocenters. The van der Waals surface area contributed by atoms with Gasteiger partial charge < -0.3 is 14.4 Å². The molecule has 26 heavy (non-hydrogen) atoms. The van der Waals surface area contributed by atoms with Crippen LogP contribution in [0.15, 0.2) is 66.2 Å². The number of methoxy groups -OCH3 is 2. The molecular formula is C19H15ClN2O4. The maximum Gasteiger partial charge on any atom is 0.355 e. The van der Waals surface area contributed by atoms with Crippen LogP contribution in [0, 0.1) is 0 Å². The number of halogens is 1. The van der Waals surface area contributed by atoms with Crippen molar-refractivity contribution >= 4 is 40.1 Å². The fourth-order valence-corrected chi connectivity index (χ4v) is 2.83. The number of ether oxygens (including phenoxy) is 2. The third-order valence-corrected chi connectivity index (χ3v) is 4.02. The van der Waals surface area contributed by atoms with Crippen LogP contribution in [-0.2, 0) is 19.1 Å². The molecule has 2 heterocycles. The standard InChI is InChI=1S/C19H15ClN2O4/c1-25-18(23)13-6-3-4-9-22(17(13)19(24)26-2)16-8-5-7-15-14(16)10-12(20)11-21-15/h3-11H,1-2H3. The Kier molecular flexibility index (Phi) is 5.04. The number of pyridine rings is 1. The van der Waals surface area contributed by atoms with E-state index in [1.807, 2.05) is 6.07 Å². The number of hydrogen-bond donors (Lipinski definition) is 0. The summed E-state index contributed by atoms with van der Waals surface area (Å²) in [5.74, 6) is -1.32. The van der Waals surface area contributed by atoms with E-state index in [-0.39, 0.29) is 11.3 Å². The van der Waals surface area contributed by atoms with E-state index in [4.69, 9.17) is 21.1 Å². The molecule has 0 fully saturated rings. The Morgan fingerprint density at radius 2 is 1.88 bits per heavy atom. The summed E-state index contributed by atoms with van der Waals surface area (Å²) in [6, 6.07) is 7.18. The molecular weight excluding hydrogens is 356 g/mol. The minimum Gasteiger partial charge on any atom is -0.465 e. The first-order valence-electron chi connectivity index (χ1n) is 7.66. The summed E-state index contributed by atoms with van der Waals surface area (Å²) < 4.78 is 9.72. The van der Waals surface area contributed by atoms with Crippen LogP contribution in [0.25, 0.3) is 10.9 Å². The molecule has 0 radical (unpaired) electrons. The Morgan fingerprint density at radius 1 is 1.12 bits per heavy atom. The van der Waals surface area contributed by atoms with Gasteiger partial charge in [-0.25, -0.2) is 9.59 Å². The first-order valence-corrected chi connectivity index (χ1v) is 8.04. The molecule has 1 aromatic carbocycles. The fourth-order valence-electron chi connectivity index (χ4n) is 2.67. The lowest BCUT2D eigenvalue weighted by molar-refractivity contribution is -0.139. The van der Waals surface area contributed by atoms with Gasteiger partial charge in [0.1, 0.15) is 5.70 Å². The van der Waals surface area contributed by atoms with E-state index < -0.39 is 11.9 Å². The number of fused-ring (bicyclic) bond motifs is 1. The highest BCUT2D eigenvalue weighted by molar-refractivity contribution is 6.31. The van der Waals surface area contributed by atoms with Gasteiger partial charge in [0.2, 0.25) is 0 Å². The number of hydrogen-bond acceptors (Lipinski definition) is 6. The highest BCUT2D eigenvalue weighted by Crippen LogP contribution is 2.33. The highest BCUT2D eigenvalue weighted by Gasteiger charge is 2.28. The molecule has 0 saturated heterocycles. The Morgan fingerprint density at radius 3 is 2.62 bits per heavy atom. The molecule has 0 bridgehead atoms. The zero-order chi connectivity index (χ0) is 18.7. The lowest BCUT2D eigenvalue weighted by Crippen LogP contribution is -2.27. The SMILES string of the molecule is COC(=O)C1=C(C(=O)OC)N(c2cccc3ncc(Cl)cc23)C=CC=C1. The summed E-state index contributed by atoms with van der Waals surface area (Å²) in [5, 5.41) is 1.18. The van der Waals surface area contributed by atoms with Gasteiger partial charge in [0.15, 0.2) is 0 Å². The van der Waals surface area contributed by atoms with Gasteiger partial charge in [-0.15, -0.1) is 0 Å². The number of aromatic nitrogens is 1. The number of carbonyl (C=O) groups excluding carboxylic acids is 2. The van der Waals surface area contributed by atoms with Gasteiger partial charge >= 0.3 is 11.9 Å². The average molecular weight is 371 g/mol. The molecule has 6 nitrogen and oxygen atoms in total. The van der Waals surface area contributed by atoms with Crippen molar-refractivity contribution in [1.82, 2.24) is 4.98 Å². The van der Waals surface area contributed by atoms with E-state index in [2.05, 4.69) is 4.98 Å². The van der Waals surface area contributed by atoms with Crippen LogP contribution in [-0.4, -0.2) is 31.1 Å². The van der Waals surface area contributed by atoms with Crippen LogP contribution >= 0.6 is 11.6 Å². The van der Waals surface area contributed by atoms with Gasteiger partial charge in [-0.3, -0.25) is 4.98 Å². The second kappa shape index (κ2) is 7.41. The predicted octanol–water partition coefficient (Wildman–Crippen LogP) is 3.38. The number of carbonyl (C=O) groups is 2. The van der Waals surface area contributed by atoms with Crippen LogP contribution in [0.2, 0.25) is 5.02 Å². The van der Waals surface area contributed by atoms with E-state index >= 15 is 0 Å². The van der Waals surface area contributed by atoms with Crippen molar-refractivity contribution in [2.75, 3.05) is 19.1 Å². The third kappa shape index (κ3) is 3.19. The van der Waals surface area contributed by atoms with Crippen LogP contribution < -0.4 is 4.90 Å². The molecule has 1 aliphatic rings. The lowest BCUT2D eigenvalue weighted by atomic mass is 10.1. The molecule has 0 N–H and O–H groups in total. The number of rotatable bonds is 3. The lowest BCUT2D eigenvalue weighted by Gasteiger charge is -2.24. The summed E-state index contributed by atoms with van der Waals surface area (Å²) in [7, 11) is 2.50. The number of allylic oxidation sites excluding steroid dienone is 2. The number of esters is 2. The van der Waals surface area contributed by atoms with E-state index in [0.29, 0.717) is 16.2 Å². The zero-order valence-corrected chi connectivity index (χ0v) is 14.9. The Bertz CT molecular complexity index is 979. The molecule has 132 valence electrons. The van der Waals surface area contributed by atoms with Gasteiger partial charge in [-0.1, -0.05) is 23.7 Å². The van der Waals surface area contributed by atoms with E-state index in [0.717, 1.165) is 5.39 Å². The topological polar surface area (TPSA) is 68.7 Å². The molecule has 2 aromatic rings. The van der Waals surface area contributed by atoms with Crippen LogP contribution in [0.5, 0.6) is 0 Å². The van der Waals surface area contributed by atoms with Crippen molar-refractivity contribution in [3.05, 3.63) is 71.2 Å². The van der Waals surface area contributed by atoms with Gasteiger partial charge in [-0.2, -0.15) is 0 Å². The molecule has 1 aromatic heterocycles. The Balaban J connectivity index is 2.30. The molecule has 0 aliphatic carbocycles. The number of nitrogens with zero attached hydrogens (tertiary/aromatic N) is 2. The quantitative estimate of drug-likeness (QED) is 0.771. The summed E-state index contributed by atoms with van der Waals surface area (Å²) in [6.45, 7) is 0. The minimum absolute atomic E-state index is 0.0387. The monoisotopic (exact) mass is 370 g/mol. The molecule has 1 aliphatic heterocycles. The fraction of sp³-hybridized carbons (Fsp3) is 0.105. The van der Waals surface area contributed by atoms with Gasteiger partial charge in [0, 0.05) is 17.8 Å². The maximum absolute atomic E-state index is 12.5. The number of benzene rings is 1. The van der Waals surface area contributed by atoms with Crippen molar-refractivity contribution in [3.63, 3.8) is 0 Å². The largest absolute Gasteiger partial charge is 0.465 e. The first kappa shape index (κ1) is 17.7. The number of anilines is 1. The highest BCUT2D eigenvalue weighted by atomic mass is 35.5. The molecule has 0 spiro atoms. The van der Waals surface area contributed by atoms with Crippen molar-refractivity contribution in [3.8, 4) is 0 Å². The van der Waals surface area contributed by atoms with Crippen LogP contribution in [0.3, 0.4) is 0 Å². The maximum atomic E-state index is 12.5. The molecule has 0 saturated carbocycles. The Hall–Kier alpha value is -3.12. The second-order valence-electron chi connectivity index (χ2n) is 5.31. The van der Waals surface area contributed by atoms with Crippen LogP contribution in [0.4, 0.5) is 5.69 Å². The molecule has 3 rings (SSSR count). The van der Waals surface area contributed by atoms with E-state index in [9.17, 15) is 9.59 Å². The van der Waals surface area contributed by atoms with Gasteiger partial charge in [0.05, 0.1) is 36.0 Å². The first-order chi connectivity index (χ1) is 12.6. The van der Waals surface area contributed by atoms with Crippen molar-refractivity contribution < 1.29 is 19.1 Å². The summed E-state index contributed by atoms with van der Waals surface area (Å²) in [4.78, 5) is 30.6. The van der Waals surface area contributed by atoms with E-state index in [1.54, 1.807) is 47.6 Å². The van der Waals surface area contributed by atoms with Crippen LogP contribution in [0.1, 0.15) is 0 Å².